The van der Waals surface area contributed by atoms with Gasteiger partial charge in [-0.25, -0.2) is 0 Å². The van der Waals surface area contributed by atoms with Gasteiger partial charge in [0, 0.05) is 26.2 Å². The highest BCUT2D eigenvalue weighted by molar-refractivity contribution is 5.66. The molecule has 0 unspecified atom stereocenters. The third-order valence-corrected chi connectivity index (χ3v) is 3.07. The smallest absolute Gasteiger partial charge is 0.303 e. The number of nitrogens with zero attached hydrogens (tertiary/aromatic N) is 2. The van der Waals surface area contributed by atoms with Gasteiger partial charge in [-0.3, -0.25) is 9.48 Å². The highest BCUT2D eigenvalue weighted by atomic mass is 16.4. The molecule has 0 atom stereocenters. The summed E-state index contributed by atoms with van der Waals surface area (Å²) in [6.45, 7) is 5.86. The van der Waals surface area contributed by atoms with Crippen LogP contribution in [0.2, 0.25) is 0 Å². The lowest BCUT2D eigenvalue weighted by atomic mass is 9.84. The van der Waals surface area contributed by atoms with Gasteiger partial charge in [-0.05, 0) is 30.9 Å². The van der Waals surface area contributed by atoms with Gasteiger partial charge in [0.15, 0.2) is 0 Å². The van der Waals surface area contributed by atoms with Crippen LogP contribution in [-0.4, -0.2) is 27.4 Å². The van der Waals surface area contributed by atoms with Crippen molar-refractivity contribution < 1.29 is 9.90 Å². The normalized spacial score (nSPS) is 11.7. The summed E-state index contributed by atoms with van der Waals surface area (Å²) in [6, 6.07) is 1.99. The van der Waals surface area contributed by atoms with Crippen molar-refractivity contribution in [3.63, 3.8) is 0 Å². The fourth-order valence-electron chi connectivity index (χ4n) is 1.77. The number of hydrogen-bond acceptors (Lipinski definition) is 3. The second-order valence-electron chi connectivity index (χ2n) is 5.47. The number of aryl methyl sites for hydroxylation is 1. The fraction of sp³-hybridized carbons (Fsp3) is 0.692. The first-order valence-electron chi connectivity index (χ1n) is 6.30. The van der Waals surface area contributed by atoms with Crippen LogP contribution in [0.1, 0.15) is 38.8 Å². The molecule has 5 nitrogen and oxygen atoms in total. The van der Waals surface area contributed by atoms with Crippen LogP contribution in [-0.2, 0) is 18.4 Å². The zero-order valence-corrected chi connectivity index (χ0v) is 11.4. The first-order chi connectivity index (χ1) is 8.39. The van der Waals surface area contributed by atoms with Crippen molar-refractivity contribution in [3.05, 3.63) is 18.0 Å². The molecule has 0 aliphatic rings. The van der Waals surface area contributed by atoms with Crippen LogP contribution in [0.3, 0.4) is 0 Å². The molecule has 0 fully saturated rings. The van der Waals surface area contributed by atoms with Gasteiger partial charge < -0.3 is 10.4 Å². The molecule has 0 aromatic carbocycles. The molecule has 2 N–H and O–H groups in total. The van der Waals surface area contributed by atoms with E-state index >= 15 is 0 Å². The van der Waals surface area contributed by atoms with E-state index in [4.69, 9.17) is 5.11 Å². The Morgan fingerprint density at radius 1 is 1.50 bits per heavy atom. The molecule has 1 aromatic rings. The van der Waals surface area contributed by atoms with Crippen molar-refractivity contribution >= 4 is 5.97 Å². The molecule has 0 bridgehead atoms. The molecule has 0 saturated heterocycles. The van der Waals surface area contributed by atoms with Gasteiger partial charge in [-0.15, -0.1) is 0 Å². The number of carbonyl (C=O) groups is 1. The maximum absolute atomic E-state index is 10.5. The van der Waals surface area contributed by atoms with E-state index in [9.17, 15) is 4.79 Å². The Labute approximate surface area is 108 Å². The van der Waals surface area contributed by atoms with Crippen LogP contribution >= 0.6 is 0 Å². The summed E-state index contributed by atoms with van der Waals surface area (Å²) in [5.41, 5.74) is 1.09. The Kier molecular flexibility index (Phi) is 5.34. The predicted molar refractivity (Wildman–Crippen MR) is 70.2 cm³/mol. The lowest BCUT2D eigenvalue weighted by Crippen LogP contribution is -2.23. The largest absolute Gasteiger partial charge is 0.481 e. The number of carboxylic acid groups (broad SMARTS) is 1. The zero-order valence-electron chi connectivity index (χ0n) is 11.4. The van der Waals surface area contributed by atoms with Crippen LogP contribution in [0.5, 0.6) is 0 Å². The lowest BCUT2D eigenvalue weighted by molar-refractivity contribution is -0.137. The van der Waals surface area contributed by atoms with Crippen molar-refractivity contribution in [1.82, 2.24) is 15.1 Å². The minimum atomic E-state index is -0.718. The Bertz CT molecular complexity index is 385. The van der Waals surface area contributed by atoms with Gasteiger partial charge in [0.2, 0.25) is 0 Å². The highest BCUT2D eigenvalue weighted by Gasteiger charge is 2.18. The number of carboxylic acids is 1. The lowest BCUT2D eigenvalue weighted by Gasteiger charge is -2.23. The second-order valence-corrected chi connectivity index (χ2v) is 5.47. The number of nitrogens with one attached hydrogen (secondary N) is 1. The van der Waals surface area contributed by atoms with E-state index in [-0.39, 0.29) is 11.8 Å². The van der Waals surface area contributed by atoms with Crippen molar-refractivity contribution in [2.75, 3.05) is 6.54 Å². The molecule has 0 aliphatic carbocycles. The van der Waals surface area contributed by atoms with Crippen LogP contribution in [0, 0.1) is 5.41 Å². The highest BCUT2D eigenvalue weighted by Crippen LogP contribution is 2.25. The molecule has 18 heavy (non-hydrogen) atoms. The zero-order chi connectivity index (χ0) is 13.6. The van der Waals surface area contributed by atoms with Gasteiger partial charge in [-0.2, -0.15) is 5.10 Å². The van der Waals surface area contributed by atoms with Crippen LogP contribution in [0.15, 0.2) is 12.3 Å². The number of aromatic nitrogens is 2. The summed E-state index contributed by atoms with van der Waals surface area (Å²) >= 11 is 0. The summed E-state index contributed by atoms with van der Waals surface area (Å²) < 4.78 is 1.79. The summed E-state index contributed by atoms with van der Waals surface area (Å²) in [5, 5.41) is 16.3. The van der Waals surface area contributed by atoms with E-state index in [0.717, 1.165) is 25.2 Å². The standard InChI is InChI=1S/C13H23N3O2/c1-13(2,6-4-12(17)18)7-8-14-10-11-5-9-16(3)15-11/h5,9,14H,4,6-8,10H2,1-3H3,(H,17,18). The van der Waals surface area contributed by atoms with Crippen molar-refractivity contribution in [2.24, 2.45) is 12.5 Å². The van der Waals surface area contributed by atoms with Gasteiger partial charge in [0.25, 0.3) is 0 Å². The molecule has 0 amide bonds. The number of rotatable bonds is 8. The van der Waals surface area contributed by atoms with Crippen molar-refractivity contribution in [3.8, 4) is 0 Å². The fourth-order valence-corrected chi connectivity index (χ4v) is 1.77. The SMILES string of the molecule is Cn1ccc(CNCCC(C)(C)CCC(=O)O)n1. The third kappa shape index (κ3) is 5.82. The van der Waals surface area contributed by atoms with E-state index in [1.54, 1.807) is 4.68 Å². The van der Waals surface area contributed by atoms with Gasteiger partial charge in [0.05, 0.1) is 5.69 Å². The van der Waals surface area contributed by atoms with E-state index < -0.39 is 5.97 Å². The minimum Gasteiger partial charge on any atom is -0.481 e. The molecule has 0 aliphatic heterocycles. The minimum absolute atomic E-state index is 0.0650. The Morgan fingerprint density at radius 2 is 2.22 bits per heavy atom. The monoisotopic (exact) mass is 253 g/mol. The predicted octanol–water partition coefficient (Wildman–Crippen LogP) is 1.79. The number of hydrogen-bond donors (Lipinski definition) is 2. The van der Waals surface area contributed by atoms with Crippen molar-refractivity contribution in [2.45, 2.75) is 39.7 Å². The quantitative estimate of drug-likeness (QED) is 0.693. The maximum Gasteiger partial charge on any atom is 0.303 e. The number of aliphatic carboxylic acids is 1. The molecular formula is C13H23N3O2. The molecule has 1 heterocycles. The summed E-state index contributed by atoms with van der Waals surface area (Å²) in [6.07, 6.45) is 3.85. The molecule has 0 saturated carbocycles. The first kappa shape index (κ1) is 14.7. The Balaban J connectivity index is 2.18. The van der Waals surface area contributed by atoms with Gasteiger partial charge in [-0.1, -0.05) is 13.8 Å². The van der Waals surface area contributed by atoms with Crippen molar-refractivity contribution in [1.29, 1.82) is 0 Å². The molecule has 102 valence electrons. The second kappa shape index (κ2) is 6.54. The van der Waals surface area contributed by atoms with Crippen LogP contribution in [0.4, 0.5) is 0 Å². The third-order valence-electron chi connectivity index (χ3n) is 3.07. The average molecular weight is 253 g/mol. The molecule has 1 rings (SSSR count). The van der Waals surface area contributed by atoms with E-state index in [0.29, 0.717) is 6.42 Å². The average Bonchev–Trinajstić information content (AvgIpc) is 2.68. The summed E-state index contributed by atoms with van der Waals surface area (Å²) in [4.78, 5) is 10.5. The van der Waals surface area contributed by atoms with E-state index in [1.165, 1.54) is 0 Å². The van der Waals surface area contributed by atoms with Crippen LogP contribution < -0.4 is 5.32 Å². The molecule has 0 spiro atoms. The van der Waals surface area contributed by atoms with E-state index in [2.05, 4.69) is 24.3 Å². The summed E-state index contributed by atoms with van der Waals surface area (Å²) in [5.74, 6) is -0.718. The maximum atomic E-state index is 10.5. The van der Waals surface area contributed by atoms with Gasteiger partial charge in [0.1, 0.15) is 0 Å². The molecule has 5 heteroatoms. The Morgan fingerprint density at radius 3 is 2.78 bits per heavy atom. The first-order valence-corrected chi connectivity index (χ1v) is 6.30. The van der Waals surface area contributed by atoms with E-state index in [1.807, 2.05) is 19.3 Å². The molecule has 0 radical (unpaired) electrons. The molecule has 1 aromatic heterocycles. The molecular weight excluding hydrogens is 230 g/mol. The Hall–Kier alpha value is -1.36. The topological polar surface area (TPSA) is 67.2 Å². The van der Waals surface area contributed by atoms with Crippen LogP contribution in [0.25, 0.3) is 0 Å². The summed E-state index contributed by atoms with van der Waals surface area (Å²) in [7, 11) is 1.90. The van der Waals surface area contributed by atoms with Gasteiger partial charge >= 0.3 is 5.97 Å².